The van der Waals surface area contributed by atoms with Crippen LogP contribution in [-0.2, 0) is 11.8 Å². The fourth-order valence-corrected chi connectivity index (χ4v) is 3.61. The van der Waals surface area contributed by atoms with Crippen LogP contribution in [0.2, 0.25) is 5.02 Å². The number of ether oxygens (including phenoxy) is 1. The molecule has 29 heavy (non-hydrogen) atoms. The maximum atomic E-state index is 13.4. The van der Waals surface area contributed by atoms with Gasteiger partial charge in [-0.05, 0) is 44.5 Å². The Labute approximate surface area is 175 Å². The largest absolute Gasteiger partial charge is 0.464 e. The normalized spacial score (nSPS) is 11.7. The standard InChI is InChI=1S/C22H25ClN2O4/c1-7-11-25(21(27)16-9-8-10-17(23)12-16)15(4)20(26)18-13(2)19(22(28)29-6)24(5)14(18)3/h7-10,12,15H,1,11H2,2-6H3/t15-/m1/s1. The highest BCUT2D eigenvalue weighted by atomic mass is 35.5. The van der Waals surface area contributed by atoms with Crippen molar-refractivity contribution in [2.75, 3.05) is 13.7 Å². The molecule has 0 N–H and O–H groups in total. The minimum absolute atomic E-state index is 0.188. The van der Waals surface area contributed by atoms with Gasteiger partial charge >= 0.3 is 5.97 Å². The Balaban J connectivity index is 2.47. The van der Waals surface area contributed by atoms with E-state index in [1.54, 1.807) is 62.7 Å². The fourth-order valence-electron chi connectivity index (χ4n) is 3.42. The van der Waals surface area contributed by atoms with Gasteiger partial charge in [0.05, 0.1) is 13.2 Å². The molecule has 2 aromatic rings. The first-order valence-electron chi connectivity index (χ1n) is 9.11. The van der Waals surface area contributed by atoms with Gasteiger partial charge in [-0.1, -0.05) is 23.7 Å². The Morgan fingerprint density at radius 3 is 2.52 bits per heavy atom. The second-order valence-electron chi connectivity index (χ2n) is 6.78. The van der Waals surface area contributed by atoms with Crippen molar-refractivity contribution in [3.8, 4) is 0 Å². The average Bonchev–Trinajstić information content (AvgIpc) is 2.92. The smallest absolute Gasteiger partial charge is 0.354 e. The van der Waals surface area contributed by atoms with Gasteiger partial charge in [-0.2, -0.15) is 0 Å². The highest BCUT2D eigenvalue weighted by Gasteiger charge is 2.32. The molecule has 1 heterocycles. The average molecular weight is 417 g/mol. The lowest BCUT2D eigenvalue weighted by atomic mass is 9.99. The minimum Gasteiger partial charge on any atom is -0.464 e. The summed E-state index contributed by atoms with van der Waals surface area (Å²) < 4.78 is 6.48. The van der Waals surface area contributed by atoms with Gasteiger partial charge in [-0.3, -0.25) is 9.59 Å². The summed E-state index contributed by atoms with van der Waals surface area (Å²) >= 11 is 6.01. The molecular weight excluding hydrogens is 392 g/mol. The van der Waals surface area contributed by atoms with Gasteiger partial charge in [0, 0.05) is 35.4 Å². The summed E-state index contributed by atoms with van der Waals surface area (Å²) in [6.45, 7) is 9.02. The molecule has 0 unspecified atom stereocenters. The molecule has 0 spiro atoms. The van der Waals surface area contributed by atoms with E-state index in [4.69, 9.17) is 16.3 Å². The van der Waals surface area contributed by atoms with Gasteiger partial charge in [-0.25, -0.2) is 4.79 Å². The van der Waals surface area contributed by atoms with E-state index in [2.05, 4.69) is 6.58 Å². The van der Waals surface area contributed by atoms with Crippen LogP contribution in [0.15, 0.2) is 36.9 Å². The number of ketones is 1. The van der Waals surface area contributed by atoms with Crippen LogP contribution in [0, 0.1) is 13.8 Å². The van der Waals surface area contributed by atoms with Gasteiger partial charge in [-0.15, -0.1) is 6.58 Å². The van der Waals surface area contributed by atoms with E-state index in [-0.39, 0.29) is 18.2 Å². The number of amides is 1. The third-order valence-electron chi connectivity index (χ3n) is 5.06. The van der Waals surface area contributed by atoms with E-state index < -0.39 is 12.0 Å². The molecule has 6 nitrogen and oxygen atoms in total. The molecule has 0 fully saturated rings. The zero-order valence-corrected chi connectivity index (χ0v) is 18.0. The van der Waals surface area contributed by atoms with Crippen LogP contribution in [0.1, 0.15) is 49.4 Å². The number of rotatable bonds is 7. The first-order valence-corrected chi connectivity index (χ1v) is 9.49. The zero-order valence-electron chi connectivity index (χ0n) is 17.3. The number of aromatic nitrogens is 1. The van der Waals surface area contributed by atoms with Gasteiger partial charge in [0.25, 0.3) is 5.91 Å². The second-order valence-corrected chi connectivity index (χ2v) is 7.22. The van der Waals surface area contributed by atoms with Crippen LogP contribution in [0.4, 0.5) is 0 Å². The minimum atomic E-state index is -0.773. The second kappa shape index (κ2) is 9.09. The Kier molecular flexibility index (Phi) is 7.03. The Hall–Kier alpha value is -2.86. The molecule has 2 rings (SSSR count). The topological polar surface area (TPSA) is 68.6 Å². The first-order chi connectivity index (χ1) is 13.6. The lowest BCUT2D eigenvalue weighted by Gasteiger charge is -2.27. The number of hydrogen-bond donors (Lipinski definition) is 0. The van der Waals surface area contributed by atoms with Crippen molar-refractivity contribution in [1.29, 1.82) is 0 Å². The Morgan fingerprint density at radius 1 is 1.31 bits per heavy atom. The van der Waals surface area contributed by atoms with Crippen LogP contribution < -0.4 is 0 Å². The summed E-state index contributed by atoms with van der Waals surface area (Å²) in [6, 6.07) is 5.80. The van der Waals surface area contributed by atoms with E-state index in [0.717, 1.165) is 0 Å². The number of carbonyl (C=O) groups excluding carboxylic acids is 3. The van der Waals surface area contributed by atoms with Crippen molar-refractivity contribution >= 4 is 29.3 Å². The number of nitrogens with zero attached hydrogens (tertiary/aromatic N) is 2. The molecule has 1 atom stereocenters. The number of Topliss-reactive ketones (excluding diaryl/α,β-unsaturated/α-hetero) is 1. The summed E-state index contributed by atoms with van der Waals surface area (Å²) in [5.41, 5.74) is 2.28. The quantitative estimate of drug-likeness (QED) is 0.389. The summed E-state index contributed by atoms with van der Waals surface area (Å²) in [4.78, 5) is 40.0. The molecule has 0 aliphatic rings. The molecule has 1 aromatic heterocycles. The van der Waals surface area contributed by atoms with Gasteiger partial charge in [0.15, 0.2) is 5.78 Å². The highest BCUT2D eigenvalue weighted by Crippen LogP contribution is 2.25. The van der Waals surface area contributed by atoms with E-state index in [0.29, 0.717) is 33.1 Å². The molecule has 0 radical (unpaired) electrons. The summed E-state index contributed by atoms with van der Waals surface area (Å²) in [5, 5.41) is 0.436. The fraction of sp³-hybridized carbons (Fsp3) is 0.318. The molecular formula is C22H25ClN2O4. The lowest BCUT2D eigenvalue weighted by Crippen LogP contribution is -2.43. The molecule has 1 amide bonds. The highest BCUT2D eigenvalue weighted by molar-refractivity contribution is 6.31. The van der Waals surface area contributed by atoms with E-state index in [1.807, 2.05) is 0 Å². The molecule has 1 aromatic carbocycles. The number of benzene rings is 1. The van der Waals surface area contributed by atoms with Gasteiger partial charge < -0.3 is 14.2 Å². The van der Waals surface area contributed by atoms with E-state index >= 15 is 0 Å². The molecule has 0 saturated carbocycles. The Bertz CT molecular complexity index is 977. The zero-order chi connectivity index (χ0) is 21.9. The molecule has 7 heteroatoms. The Morgan fingerprint density at radius 2 is 1.97 bits per heavy atom. The van der Waals surface area contributed by atoms with Crippen molar-refractivity contribution in [2.45, 2.75) is 26.8 Å². The van der Waals surface area contributed by atoms with E-state index in [1.165, 1.54) is 12.0 Å². The van der Waals surface area contributed by atoms with Crippen molar-refractivity contribution < 1.29 is 19.1 Å². The van der Waals surface area contributed by atoms with Gasteiger partial charge in [0.2, 0.25) is 0 Å². The lowest BCUT2D eigenvalue weighted by molar-refractivity contribution is 0.0588. The van der Waals surface area contributed by atoms with E-state index in [9.17, 15) is 14.4 Å². The monoisotopic (exact) mass is 416 g/mol. The molecule has 0 saturated heterocycles. The number of halogens is 1. The van der Waals surface area contributed by atoms with Crippen LogP contribution in [-0.4, -0.2) is 46.8 Å². The van der Waals surface area contributed by atoms with Crippen LogP contribution in [0.25, 0.3) is 0 Å². The van der Waals surface area contributed by atoms with Crippen LogP contribution in [0.3, 0.4) is 0 Å². The SMILES string of the molecule is C=CCN(C(=O)c1cccc(Cl)c1)[C@H](C)C(=O)c1c(C)c(C(=O)OC)n(C)c1C. The molecule has 0 aliphatic heterocycles. The van der Waals surface area contributed by atoms with Crippen molar-refractivity contribution in [3.05, 3.63) is 70.0 Å². The summed E-state index contributed by atoms with van der Waals surface area (Å²) in [5.74, 6) is -1.10. The molecule has 0 aliphatic carbocycles. The van der Waals surface area contributed by atoms with Crippen molar-refractivity contribution in [3.63, 3.8) is 0 Å². The maximum Gasteiger partial charge on any atom is 0.354 e. The predicted molar refractivity (Wildman–Crippen MR) is 113 cm³/mol. The number of methoxy groups -OCH3 is 1. The van der Waals surface area contributed by atoms with Crippen molar-refractivity contribution in [1.82, 2.24) is 9.47 Å². The van der Waals surface area contributed by atoms with Gasteiger partial charge in [0.1, 0.15) is 5.69 Å². The predicted octanol–water partition coefficient (Wildman–Crippen LogP) is 3.98. The maximum absolute atomic E-state index is 13.4. The van der Waals surface area contributed by atoms with Crippen LogP contribution >= 0.6 is 11.6 Å². The third kappa shape index (κ3) is 4.27. The molecule has 0 bridgehead atoms. The van der Waals surface area contributed by atoms with Crippen molar-refractivity contribution in [2.24, 2.45) is 7.05 Å². The number of esters is 1. The summed E-state index contributed by atoms with van der Waals surface area (Å²) in [7, 11) is 3.00. The third-order valence-corrected chi connectivity index (χ3v) is 5.30. The number of carbonyl (C=O) groups is 3. The first kappa shape index (κ1) is 22.4. The molecule has 154 valence electrons. The summed E-state index contributed by atoms with van der Waals surface area (Å²) in [6.07, 6.45) is 1.57. The van der Waals surface area contributed by atoms with Crippen LogP contribution in [0.5, 0.6) is 0 Å². The number of hydrogen-bond acceptors (Lipinski definition) is 4.